The fraction of sp³-hybridized carbons (Fsp3) is 0.900. The van der Waals surface area contributed by atoms with Crippen LogP contribution in [0.3, 0.4) is 0 Å². The zero-order valence-electron chi connectivity index (χ0n) is 9.64. The number of aryl methyl sites for hydroxylation is 1. The second-order valence-electron chi connectivity index (χ2n) is 4.29. The molecule has 1 saturated carbocycles. The van der Waals surface area contributed by atoms with Crippen molar-refractivity contribution >= 4 is 15.9 Å². The molecule has 1 aliphatic rings. The first kappa shape index (κ1) is 12.0. The van der Waals surface area contributed by atoms with Crippen LogP contribution in [0.25, 0.3) is 0 Å². The predicted octanol–water partition coefficient (Wildman–Crippen LogP) is 1.35. The number of hydrogen-bond donors (Lipinski definition) is 0. The van der Waals surface area contributed by atoms with Crippen molar-refractivity contribution in [2.24, 2.45) is 7.05 Å². The van der Waals surface area contributed by atoms with Gasteiger partial charge in [0.1, 0.15) is 0 Å². The van der Waals surface area contributed by atoms with Crippen molar-refractivity contribution in [3.63, 3.8) is 0 Å². The summed E-state index contributed by atoms with van der Waals surface area (Å²) in [5.41, 5.74) is 0. The van der Waals surface area contributed by atoms with E-state index in [2.05, 4.69) is 36.2 Å². The van der Waals surface area contributed by atoms with Gasteiger partial charge in [-0.15, -0.1) is 10.2 Å². The van der Waals surface area contributed by atoms with Gasteiger partial charge >= 0.3 is 0 Å². The summed E-state index contributed by atoms with van der Waals surface area (Å²) >= 11 is 3.51. The Hall–Kier alpha value is -0.490. The summed E-state index contributed by atoms with van der Waals surface area (Å²) in [6.45, 7) is 1.88. The highest BCUT2D eigenvalue weighted by Gasteiger charge is 2.23. The van der Waals surface area contributed by atoms with E-state index in [0.29, 0.717) is 6.04 Å². The summed E-state index contributed by atoms with van der Waals surface area (Å²) in [5.74, 6) is 0.829. The number of alkyl halides is 1. The third-order valence-electron chi connectivity index (χ3n) is 3.11. The minimum absolute atomic E-state index is 0.710. The lowest BCUT2D eigenvalue weighted by Crippen LogP contribution is -2.34. The summed E-state index contributed by atoms with van der Waals surface area (Å²) in [6, 6.07) is 0.710. The number of nitrogens with zero attached hydrogens (tertiary/aromatic N) is 5. The van der Waals surface area contributed by atoms with Crippen molar-refractivity contribution in [3.05, 3.63) is 5.82 Å². The molecular weight excluding hydrogens is 270 g/mol. The smallest absolute Gasteiger partial charge is 0.188 e. The summed E-state index contributed by atoms with van der Waals surface area (Å²) in [4.78, 5) is 4.00. The van der Waals surface area contributed by atoms with Crippen LogP contribution in [0.15, 0.2) is 0 Å². The van der Waals surface area contributed by atoms with Gasteiger partial charge in [0, 0.05) is 17.9 Å². The van der Waals surface area contributed by atoms with Crippen molar-refractivity contribution in [1.82, 2.24) is 25.1 Å². The van der Waals surface area contributed by atoms with Gasteiger partial charge < -0.3 is 0 Å². The standard InChI is InChI=1S/C10H18BrN5/c1-15-13-10(12-14-15)8-16(7-6-11)9-4-2-3-5-9/h9H,2-8H2,1H3. The second kappa shape index (κ2) is 5.72. The van der Waals surface area contributed by atoms with E-state index in [-0.39, 0.29) is 0 Å². The Labute approximate surface area is 104 Å². The van der Waals surface area contributed by atoms with E-state index in [0.717, 1.165) is 24.2 Å². The highest BCUT2D eigenvalue weighted by Crippen LogP contribution is 2.24. The zero-order chi connectivity index (χ0) is 11.4. The van der Waals surface area contributed by atoms with Crippen LogP contribution in [-0.4, -0.2) is 43.0 Å². The predicted molar refractivity (Wildman–Crippen MR) is 65.3 cm³/mol. The molecule has 5 nitrogen and oxygen atoms in total. The second-order valence-corrected chi connectivity index (χ2v) is 5.09. The lowest BCUT2D eigenvalue weighted by Gasteiger charge is -2.26. The van der Waals surface area contributed by atoms with Crippen LogP contribution < -0.4 is 0 Å². The number of hydrogen-bond acceptors (Lipinski definition) is 4. The first-order chi connectivity index (χ1) is 7.79. The van der Waals surface area contributed by atoms with Crippen LogP contribution in [0.2, 0.25) is 0 Å². The molecule has 1 heterocycles. The molecule has 0 radical (unpaired) electrons. The third kappa shape index (κ3) is 3.01. The number of halogens is 1. The zero-order valence-corrected chi connectivity index (χ0v) is 11.2. The van der Waals surface area contributed by atoms with Crippen molar-refractivity contribution < 1.29 is 0 Å². The number of tetrazole rings is 1. The van der Waals surface area contributed by atoms with Gasteiger partial charge in [-0.1, -0.05) is 28.8 Å². The van der Waals surface area contributed by atoms with Crippen LogP contribution in [0.5, 0.6) is 0 Å². The molecule has 0 saturated heterocycles. The maximum atomic E-state index is 4.24. The largest absolute Gasteiger partial charge is 0.292 e. The fourth-order valence-corrected chi connectivity index (χ4v) is 2.79. The first-order valence-corrected chi connectivity index (χ1v) is 6.94. The average molecular weight is 288 g/mol. The molecule has 0 aromatic carbocycles. The molecule has 1 aliphatic carbocycles. The highest BCUT2D eigenvalue weighted by atomic mass is 79.9. The Kier molecular flexibility index (Phi) is 4.29. The fourth-order valence-electron chi connectivity index (χ4n) is 2.34. The maximum Gasteiger partial charge on any atom is 0.188 e. The van der Waals surface area contributed by atoms with E-state index >= 15 is 0 Å². The molecule has 0 unspecified atom stereocenters. The molecule has 1 aromatic rings. The molecule has 6 heteroatoms. The van der Waals surface area contributed by atoms with Gasteiger partial charge in [0.05, 0.1) is 13.6 Å². The Morgan fingerprint density at radius 2 is 2.19 bits per heavy atom. The molecule has 0 atom stereocenters. The molecule has 0 amide bonds. The average Bonchev–Trinajstić information content (AvgIpc) is 2.88. The minimum atomic E-state index is 0.710. The first-order valence-electron chi connectivity index (χ1n) is 5.82. The quantitative estimate of drug-likeness (QED) is 0.767. The Bertz CT molecular complexity index is 321. The lowest BCUT2D eigenvalue weighted by molar-refractivity contribution is 0.197. The van der Waals surface area contributed by atoms with Crippen LogP contribution in [0.1, 0.15) is 31.5 Å². The molecule has 0 spiro atoms. The van der Waals surface area contributed by atoms with Crippen LogP contribution in [0.4, 0.5) is 0 Å². The van der Waals surface area contributed by atoms with Gasteiger partial charge in [-0.05, 0) is 18.1 Å². The van der Waals surface area contributed by atoms with Crippen LogP contribution >= 0.6 is 15.9 Å². The van der Waals surface area contributed by atoms with Gasteiger partial charge in [0.25, 0.3) is 0 Å². The molecule has 0 bridgehead atoms. The minimum Gasteiger partial charge on any atom is -0.292 e. The maximum absolute atomic E-state index is 4.24. The van der Waals surface area contributed by atoms with Crippen molar-refractivity contribution in [2.75, 3.05) is 11.9 Å². The molecule has 2 rings (SSSR count). The summed E-state index contributed by atoms with van der Waals surface area (Å²) in [7, 11) is 1.81. The van der Waals surface area contributed by atoms with Crippen molar-refractivity contribution in [3.8, 4) is 0 Å². The van der Waals surface area contributed by atoms with Crippen LogP contribution in [0, 0.1) is 0 Å². The topological polar surface area (TPSA) is 46.8 Å². The molecule has 90 valence electrons. The van der Waals surface area contributed by atoms with Crippen LogP contribution in [-0.2, 0) is 13.6 Å². The molecule has 0 aliphatic heterocycles. The van der Waals surface area contributed by atoms with E-state index in [1.807, 2.05) is 0 Å². The van der Waals surface area contributed by atoms with Gasteiger partial charge in [0.15, 0.2) is 5.82 Å². The van der Waals surface area contributed by atoms with Crippen molar-refractivity contribution in [2.45, 2.75) is 38.3 Å². The summed E-state index contributed by atoms with van der Waals surface area (Å²) < 4.78 is 0. The van der Waals surface area contributed by atoms with E-state index in [1.165, 1.54) is 30.5 Å². The Morgan fingerprint density at radius 1 is 1.44 bits per heavy atom. The van der Waals surface area contributed by atoms with Crippen molar-refractivity contribution in [1.29, 1.82) is 0 Å². The molecule has 16 heavy (non-hydrogen) atoms. The van der Waals surface area contributed by atoms with Gasteiger partial charge in [-0.2, -0.15) is 4.80 Å². The van der Waals surface area contributed by atoms with E-state index in [4.69, 9.17) is 0 Å². The molecular formula is C10H18BrN5. The Balaban J connectivity index is 1.96. The molecule has 1 aromatic heterocycles. The van der Waals surface area contributed by atoms with Gasteiger partial charge in [-0.25, -0.2) is 0 Å². The normalized spacial score (nSPS) is 17.4. The van der Waals surface area contributed by atoms with E-state index in [9.17, 15) is 0 Å². The third-order valence-corrected chi connectivity index (χ3v) is 3.46. The lowest BCUT2D eigenvalue weighted by atomic mass is 10.2. The van der Waals surface area contributed by atoms with E-state index in [1.54, 1.807) is 7.05 Å². The monoisotopic (exact) mass is 287 g/mol. The van der Waals surface area contributed by atoms with Gasteiger partial charge in [-0.3, -0.25) is 4.90 Å². The molecule has 1 fully saturated rings. The van der Waals surface area contributed by atoms with E-state index < -0.39 is 0 Å². The summed E-state index contributed by atoms with van der Waals surface area (Å²) in [5, 5.41) is 13.2. The molecule has 0 N–H and O–H groups in total. The summed E-state index contributed by atoms with van der Waals surface area (Å²) in [6.07, 6.45) is 5.34. The van der Waals surface area contributed by atoms with Gasteiger partial charge in [0.2, 0.25) is 0 Å². The number of rotatable bonds is 5. The Morgan fingerprint density at radius 3 is 2.75 bits per heavy atom. The number of aromatic nitrogens is 4. The SMILES string of the molecule is Cn1nnc(CN(CCBr)C2CCCC2)n1. The highest BCUT2D eigenvalue weighted by molar-refractivity contribution is 9.09.